The molecular weight excluding hydrogens is 398 g/mol. The molecule has 0 amide bonds. The molecule has 1 unspecified atom stereocenters. The minimum absolute atomic E-state index is 0. The summed E-state index contributed by atoms with van der Waals surface area (Å²) in [7, 11) is 0. The van der Waals surface area contributed by atoms with Crippen LogP contribution in [0.2, 0.25) is 0 Å². The lowest BCUT2D eigenvalue weighted by molar-refractivity contribution is -0.384. The number of rotatable bonds is 5. The number of hydrogen-bond acceptors (Lipinski definition) is 7. The summed E-state index contributed by atoms with van der Waals surface area (Å²) >= 11 is 1.52. The maximum atomic E-state index is 11.0. The predicted molar refractivity (Wildman–Crippen MR) is 112 cm³/mol. The van der Waals surface area contributed by atoms with E-state index >= 15 is 0 Å². The Labute approximate surface area is 173 Å². The number of hydrogen-bond donors (Lipinski definition) is 1. The third kappa shape index (κ3) is 4.53. The number of benzene rings is 1. The fourth-order valence-corrected chi connectivity index (χ4v) is 4.13. The van der Waals surface area contributed by atoms with Gasteiger partial charge in [-0.2, -0.15) is 0 Å². The Morgan fingerprint density at radius 2 is 2.11 bits per heavy atom. The minimum atomic E-state index is -0.377. The van der Waals surface area contributed by atoms with Crippen molar-refractivity contribution in [2.24, 2.45) is 0 Å². The summed E-state index contributed by atoms with van der Waals surface area (Å²) in [4.78, 5) is 21.9. The van der Waals surface area contributed by atoms with Crippen LogP contribution in [-0.4, -0.2) is 39.4 Å². The maximum absolute atomic E-state index is 11.0. The molecule has 1 saturated heterocycles. The van der Waals surface area contributed by atoms with Crippen molar-refractivity contribution in [2.45, 2.75) is 12.6 Å². The Hall–Kier alpha value is -2.39. The van der Waals surface area contributed by atoms with E-state index in [1.807, 2.05) is 23.8 Å². The van der Waals surface area contributed by atoms with Crippen LogP contribution in [0.25, 0.3) is 10.6 Å². The Balaban J connectivity index is 0.00000225. The van der Waals surface area contributed by atoms with E-state index in [2.05, 4.69) is 27.3 Å². The second kappa shape index (κ2) is 9.20. The Morgan fingerprint density at radius 1 is 1.29 bits per heavy atom. The first kappa shape index (κ1) is 20.3. The zero-order valence-corrected chi connectivity index (χ0v) is 16.7. The molecule has 7 nitrogen and oxygen atoms in total. The number of nitrogens with zero attached hydrogens (tertiary/aromatic N) is 4. The molecule has 0 saturated carbocycles. The molecule has 1 N–H and O–H groups in total. The van der Waals surface area contributed by atoms with Gasteiger partial charge in [-0.3, -0.25) is 20.0 Å². The van der Waals surface area contributed by atoms with Crippen molar-refractivity contribution in [3.63, 3.8) is 0 Å². The molecule has 28 heavy (non-hydrogen) atoms. The van der Waals surface area contributed by atoms with Gasteiger partial charge in [0.2, 0.25) is 0 Å². The minimum Gasteiger partial charge on any atom is -0.314 e. The number of non-ortho nitro benzene ring substituents is 1. The van der Waals surface area contributed by atoms with Crippen molar-refractivity contribution in [3.05, 3.63) is 75.5 Å². The van der Waals surface area contributed by atoms with E-state index in [9.17, 15) is 10.1 Å². The van der Waals surface area contributed by atoms with Gasteiger partial charge in [-0.15, -0.1) is 23.7 Å². The number of piperazine rings is 1. The molecule has 3 aromatic rings. The highest BCUT2D eigenvalue weighted by atomic mass is 35.5. The molecule has 1 atom stereocenters. The molecule has 0 radical (unpaired) electrons. The van der Waals surface area contributed by atoms with Crippen molar-refractivity contribution in [1.82, 2.24) is 20.2 Å². The van der Waals surface area contributed by atoms with Gasteiger partial charge in [0.15, 0.2) is 0 Å². The summed E-state index contributed by atoms with van der Waals surface area (Å²) in [6.45, 7) is 3.53. The predicted octanol–water partition coefficient (Wildman–Crippen LogP) is 3.68. The van der Waals surface area contributed by atoms with Gasteiger partial charge in [-0.25, -0.2) is 4.98 Å². The number of nitrogens with one attached hydrogen (secondary N) is 1. The SMILES string of the molecule is Cl.O=[N+]([O-])c1cccc(-c2nc(CN3CCNCC3c3ccncc3)cs2)c1. The Morgan fingerprint density at radius 3 is 2.89 bits per heavy atom. The lowest BCUT2D eigenvalue weighted by Gasteiger charge is -2.36. The van der Waals surface area contributed by atoms with Gasteiger partial charge in [0.1, 0.15) is 5.01 Å². The zero-order valence-electron chi connectivity index (χ0n) is 15.0. The van der Waals surface area contributed by atoms with Crippen LogP contribution in [0.15, 0.2) is 54.2 Å². The summed E-state index contributed by atoms with van der Waals surface area (Å²) in [5.41, 5.74) is 3.10. The fraction of sp³-hybridized carbons (Fsp3) is 0.263. The molecule has 9 heteroatoms. The number of halogens is 1. The van der Waals surface area contributed by atoms with Crippen LogP contribution < -0.4 is 5.32 Å². The summed E-state index contributed by atoms with van der Waals surface area (Å²) < 4.78 is 0. The van der Waals surface area contributed by atoms with Gasteiger partial charge in [-0.1, -0.05) is 12.1 Å². The molecular formula is C19H20ClN5O2S. The maximum Gasteiger partial charge on any atom is 0.270 e. The standard InChI is InChI=1S/C19H19N5O2S.ClH/c25-24(26)17-3-1-2-15(10-17)19-22-16(13-27-19)12-23-9-8-21-11-18(23)14-4-6-20-7-5-14;/h1-7,10,13,18,21H,8-9,11-12H2;1H. The van der Waals surface area contributed by atoms with E-state index in [1.165, 1.54) is 23.0 Å². The van der Waals surface area contributed by atoms with Crippen LogP contribution in [0.4, 0.5) is 5.69 Å². The second-order valence-electron chi connectivity index (χ2n) is 6.42. The normalized spacial score (nSPS) is 17.1. The van der Waals surface area contributed by atoms with Gasteiger partial charge in [0.05, 0.1) is 10.6 Å². The van der Waals surface area contributed by atoms with Gasteiger partial charge < -0.3 is 5.32 Å². The van der Waals surface area contributed by atoms with Crippen molar-refractivity contribution in [1.29, 1.82) is 0 Å². The monoisotopic (exact) mass is 417 g/mol. The smallest absolute Gasteiger partial charge is 0.270 e. The van der Waals surface area contributed by atoms with E-state index in [1.54, 1.807) is 12.1 Å². The van der Waals surface area contributed by atoms with Crippen LogP contribution in [-0.2, 0) is 6.54 Å². The molecule has 1 aliphatic rings. The molecule has 3 heterocycles. The first-order chi connectivity index (χ1) is 13.2. The van der Waals surface area contributed by atoms with E-state index in [-0.39, 0.29) is 29.1 Å². The lowest BCUT2D eigenvalue weighted by Crippen LogP contribution is -2.45. The first-order valence-corrected chi connectivity index (χ1v) is 9.62. The molecule has 2 aromatic heterocycles. The Kier molecular flexibility index (Phi) is 6.69. The first-order valence-electron chi connectivity index (χ1n) is 8.74. The van der Waals surface area contributed by atoms with Crippen LogP contribution in [0.3, 0.4) is 0 Å². The van der Waals surface area contributed by atoms with E-state index in [0.717, 1.165) is 42.4 Å². The average Bonchev–Trinajstić information content (AvgIpc) is 3.18. The van der Waals surface area contributed by atoms with Crippen molar-refractivity contribution < 1.29 is 4.92 Å². The zero-order chi connectivity index (χ0) is 18.6. The largest absolute Gasteiger partial charge is 0.314 e. The quantitative estimate of drug-likeness (QED) is 0.503. The highest BCUT2D eigenvalue weighted by Crippen LogP contribution is 2.29. The number of aromatic nitrogens is 2. The summed E-state index contributed by atoms with van der Waals surface area (Å²) in [5.74, 6) is 0. The van der Waals surface area contributed by atoms with Crippen LogP contribution in [0, 0.1) is 10.1 Å². The summed E-state index contributed by atoms with van der Waals surface area (Å²) in [6.07, 6.45) is 3.65. The molecule has 1 aromatic carbocycles. The van der Waals surface area contributed by atoms with Crippen LogP contribution >= 0.6 is 23.7 Å². The second-order valence-corrected chi connectivity index (χ2v) is 7.28. The van der Waals surface area contributed by atoms with Crippen molar-refractivity contribution in [2.75, 3.05) is 19.6 Å². The fourth-order valence-electron chi connectivity index (χ4n) is 3.32. The number of thiazole rings is 1. The highest BCUT2D eigenvalue weighted by molar-refractivity contribution is 7.13. The third-order valence-corrected chi connectivity index (χ3v) is 5.61. The molecule has 0 bridgehead atoms. The van der Waals surface area contributed by atoms with Crippen molar-refractivity contribution >= 4 is 29.4 Å². The molecule has 146 valence electrons. The molecule has 1 aliphatic heterocycles. The van der Waals surface area contributed by atoms with Crippen molar-refractivity contribution in [3.8, 4) is 10.6 Å². The average molecular weight is 418 g/mol. The Bertz CT molecular complexity index is 937. The molecule has 4 rings (SSSR count). The van der Waals surface area contributed by atoms with Crippen LogP contribution in [0.1, 0.15) is 17.3 Å². The summed E-state index contributed by atoms with van der Waals surface area (Å²) in [6, 6.07) is 11.0. The van der Waals surface area contributed by atoms with E-state index in [0.29, 0.717) is 0 Å². The number of nitro benzene ring substituents is 1. The lowest BCUT2D eigenvalue weighted by atomic mass is 10.0. The molecule has 0 spiro atoms. The molecule has 1 fully saturated rings. The highest BCUT2D eigenvalue weighted by Gasteiger charge is 2.24. The van der Waals surface area contributed by atoms with Gasteiger partial charge in [0.25, 0.3) is 5.69 Å². The van der Waals surface area contributed by atoms with Gasteiger partial charge >= 0.3 is 0 Å². The number of pyridine rings is 1. The number of nitro groups is 1. The van der Waals surface area contributed by atoms with E-state index < -0.39 is 0 Å². The van der Waals surface area contributed by atoms with Gasteiger partial charge in [0, 0.05) is 67.7 Å². The van der Waals surface area contributed by atoms with Gasteiger partial charge in [-0.05, 0) is 17.7 Å². The summed E-state index contributed by atoms with van der Waals surface area (Å²) in [5, 5.41) is 17.3. The van der Waals surface area contributed by atoms with E-state index in [4.69, 9.17) is 4.98 Å². The topological polar surface area (TPSA) is 84.2 Å². The third-order valence-electron chi connectivity index (χ3n) is 4.67. The van der Waals surface area contributed by atoms with Crippen LogP contribution in [0.5, 0.6) is 0 Å². The molecule has 0 aliphatic carbocycles.